The van der Waals surface area contributed by atoms with E-state index in [0.29, 0.717) is 28.6 Å². The highest BCUT2D eigenvalue weighted by Crippen LogP contribution is 2.25. The van der Waals surface area contributed by atoms with E-state index in [1.807, 2.05) is 18.2 Å². The summed E-state index contributed by atoms with van der Waals surface area (Å²) in [7, 11) is 0. The highest BCUT2D eigenvalue weighted by atomic mass is 16.5. The summed E-state index contributed by atoms with van der Waals surface area (Å²) in [5.74, 6) is -1.96. The molecule has 0 spiro atoms. The molecule has 1 aromatic heterocycles. The quantitative estimate of drug-likeness (QED) is 0.120. The van der Waals surface area contributed by atoms with E-state index in [1.54, 1.807) is 62.4 Å². The van der Waals surface area contributed by atoms with Gasteiger partial charge in [0.15, 0.2) is 5.78 Å². The van der Waals surface area contributed by atoms with Gasteiger partial charge in [-0.2, -0.15) is 4.98 Å². The van der Waals surface area contributed by atoms with Gasteiger partial charge >= 0.3 is 11.9 Å². The van der Waals surface area contributed by atoms with Gasteiger partial charge in [-0.05, 0) is 74.2 Å². The molecule has 0 saturated heterocycles. The molecule has 1 heterocycles. The molecule has 4 aromatic rings. The van der Waals surface area contributed by atoms with Gasteiger partial charge in [-0.3, -0.25) is 14.4 Å². The molecule has 234 valence electrons. The van der Waals surface area contributed by atoms with Crippen LogP contribution in [0.1, 0.15) is 58.5 Å². The Hall–Kier alpha value is -5.52. The first-order chi connectivity index (χ1) is 21.7. The molecule has 45 heavy (non-hydrogen) atoms. The van der Waals surface area contributed by atoms with Crippen LogP contribution in [0.25, 0.3) is 10.9 Å². The van der Waals surface area contributed by atoms with E-state index >= 15 is 0 Å². The summed E-state index contributed by atoms with van der Waals surface area (Å²) in [5, 5.41) is 16.4. The number of aromatic nitrogens is 2. The number of amides is 1. The molecule has 12 heteroatoms. The van der Waals surface area contributed by atoms with E-state index in [4.69, 9.17) is 15.2 Å². The Morgan fingerprint density at radius 3 is 2.40 bits per heavy atom. The molecular formula is C33H35N5O7. The lowest BCUT2D eigenvalue weighted by Crippen LogP contribution is -2.42. The molecule has 3 aromatic carbocycles. The van der Waals surface area contributed by atoms with Crippen molar-refractivity contribution in [2.24, 2.45) is 0 Å². The lowest BCUT2D eigenvalue weighted by Gasteiger charge is -2.17. The van der Waals surface area contributed by atoms with Crippen molar-refractivity contribution in [1.82, 2.24) is 15.3 Å². The number of aromatic hydroxyl groups is 1. The Kier molecular flexibility index (Phi) is 11.0. The highest BCUT2D eigenvalue weighted by Gasteiger charge is 2.24. The van der Waals surface area contributed by atoms with Crippen molar-refractivity contribution >= 4 is 46.2 Å². The van der Waals surface area contributed by atoms with Crippen molar-refractivity contribution in [3.8, 4) is 5.88 Å². The van der Waals surface area contributed by atoms with Gasteiger partial charge in [0.2, 0.25) is 11.8 Å². The Bertz CT molecular complexity index is 1690. The van der Waals surface area contributed by atoms with E-state index in [9.17, 15) is 24.3 Å². The van der Waals surface area contributed by atoms with E-state index < -0.39 is 23.9 Å². The third-order valence-electron chi connectivity index (χ3n) is 6.89. The molecule has 0 saturated carbocycles. The van der Waals surface area contributed by atoms with Crippen molar-refractivity contribution in [3.05, 3.63) is 89.0 Å². The largest absolute Gasteiger partial charge is 0.493 e. The van der Waals surface area contributed by atoms with Crippen LogP contribution in [-0.4, -0.2) is 64.5 Å². The van der Waals surface area contributed by atoms with Crippen LogP contribution in [0.5, 0.6) is 5.88 Å². The number of anilines is 2. The Balaban J connectivity index is 1.37. The summed E-state index contributed by atoms with van der Waals surface area (Å²) in [6.45, 7) is 3.70. The maximum absolute atomic E-state index is 13.2. The highest BCUT2D eigenvalue weighted by molar-refractivity contribution is 6.00. The van der Waals surface area contributed by atoms with Crippen molar-refractivity contribution in [3.63, 3.8) is 0 Å². The summed E-state index contributed by atoms with van der Waals surface area (Å²) in [4.78, 5) is 58.1. The topological polar surface area (TPSA) is 183 Å². The first-order valence-corrected chi connectivity index (χ1v) is 14.5. The fourth-order valence-electron chi connectivity index (χ4n) is 4.70. The Morgan fingerprint density at radius 1 is 0.933 bits per heavy atom. The molecule has 5 N–H and O–H groups in total. The average Bonchev–Trinajstić information content (AvgIpc) is 3.02. The van der Waals surface area contributed by atoms with Gasteiger partial charge in [-0.15, -0.1) is 0 Å². The maximum Gasteiger partial charge on any atom is 0.328 e. The second-order valence-corrected chi connectivity index (χ2v) is 10.1. The first kappa shape index (κ1) is 32.4. The normalized spacial score (nSPS) is 11.4. The van der Waals surface area contributed by atoms with Gasteiger partial charge in [-0.1, -0.05) is 30.3 Å². The number of nitrogen functional groups attached to an aromatic ring is 1. The van der Waals surface area contributed by atoms with Crippen molar-refractivity contribution < 1.29 is 33.8 Å². The molecule has 1 amide bonds. The van der Waals surface area contributed by atoms with Crippen molar-refractivity contribution in [2.75, 3.05) is 30.8 Å². The molecule has 4 rings (SSSR count). The molecule has 0 fully saturated rings. The Morgan fingerprint density at radius 2 is 1.67 bits per heavy atom. The van der Waals surface area contributed by atoms with Gasteiger partial charge in [0.25, 0.3) is 5.91 Å². The zero-order valence-corrected chi connectivity index (χ0v) is 25.0. The minimum atomic E-state index is -1.01. The molecule has 12 nitrogen and oxygen atoms in total. The van der Waals surface area contributed by atoms with Crippen LogP contribution >= 0.6 is 0 Å². The number of fused-ring (bicyclic) bond motifs is 1. The number of Topliss-reactive ketones (excluding diaryl/α,β-unsaturated/α-hetero) is 1. The number of hydrogen-bond acceptors (Lipinski definition) is 11. The lowest BCUT2D eigenvalue weighted by atomic mass is 9.96. The number of benzene rings is 3. The van der Waals surface area contributed by atoms with E-state index in [1.165, 1.54) is 0 Å². The number of ketones is 1. The fraction of sp³-hybridized carbons (Fsp3) is 0.273. The van der Waals surface area contributed by atoms with Crippen molar-refractivity contribution in [1.29, 1.82) is 0 Å². The Labute approximate surface area is 260 Å². The van der Waals surface area contributed by atoms with Gasteiger partial charge in [-0.25, -0.2) is 9.78 Å². The minimum Gasteiger partial charge on any atom is -0.493 e. The average molecular weight is 614 g/mol. The number of hydrogen-bond donors (Lipinski definition) is 4. The summed E-state index contributed by atoms with van der Waals surface area (Å²) < 4.78 is 9.95. The smallest absolute Gasteiger partial charge is 0.328 e. The van der Waals surface area contributed by atoms with Crippen LogP contribution in [0, 0.1) is 0 Å². The number of esters is 2. The molecule has 1 atom stereocenters. The third-order valence-corrected chi connectivity index (χ3v) is 6.89. The fourth-order valence-corrected chi connectivity index (χ4v) is 4.70. The first-order valence-electron chi connectivity index (χ1n) is 14.5. The van der Waals surface area contributed by atoms with Gasteiger partial charge < -0.3 is 30.9 Å². The number of nitrogens with one attached hydrogen (secondary N) is 2. The molecule has 0 aliphatic carbocycles. The van der Waals surface area contributed by atoms with E-state index in [-0.39, 0.29) is 55.8 Å². The third kappa shape index (κ3) is 8.75. The summed E-state index contributed by atoms with van der Waals surface area (Å²) in [5.41, 5.74) is 9.27. The summed E-state index contributed by atoms with van der Waals surface area (Å²) in [6, 6.07) is 18.1. The lowest BCUT2D eigenvalue weighted by molar-refractivity contribution is -0.146. The molecule has 0 bridgehead atoms. The second kappa shape index (κ2) is 15.3. The van der Waals surface area contributed by atoms with Crippen LogP contribution in [0.3, 0.4) is 0 Å². The second-order valence-electron chi connectivity index (χ2n) is 10.1. The summed E-state index contributed by atoms with van der Waals surface area (Å²) in [6.07, 6.45) is 0.436. The van der Waals surface area contributed by atoms with Crippen LogP contribution in [0.4, 0.5) is 11.6 Å². The molecule has 0 radical (unpaired) electrons. The molecule has 0 unspecified atom stereocenters. The van der Waals surface area contributed by atoms with E-state index in [2.05, 4.69) is 20.6 Å². The number of carbonyl (C=O) groups is 4. The molecule has 0 aliphatic heterocycles. The van der Waals surface area contributed by atoms with Crippen LogP contribution < -0.4 is 16.4 Å². The van der Waals surface area contributed by atoms with Crippen LogP contribution in [-0.2, 0) is 25.5 Å². The van der Waals surface area contributed by atoms with Gasteiger partial charge in [0, 0.05) is 23.2 Å². The van der Waals surface area contributed by atoms with Crippen molar-refractivity contribution in [2.45, 2.75) is 39.2 Å². The molecular weight excluding hydrogens is 578 g/mol. The molecule has 0 aliphatic rings. The number of nitrogens with zero attached hydrogens (tertiary/aromatic N) is 2. The SMILES string of the molecule is CCOC(=O)CC[C@H](NC(=O)c1ccc(NCC(=O)c2ccccc2Cc2ccc3nc(N)nc(O)c3c2)cc1)C(=O)OCC. The zero-order chi connectivity index (χ0) is 32.3. The van der Waals surface area contributed by atoms with Crippen LogP contribution in [0.15, 0.2) is 66.7 Å². The number of rotatable bonds is 14. The maximum atomic E-state index is 13.2. The standard InChI is InChI=1S/C33H35N5O7/c1-3-44-29(40)16-15-27(32(43)45-4-2)36-30(41)21-10-12-23(13-11-21)35-19-28(39)24-8-6-5-7-22(24)17-20-9-14-26-25(18-20)31(42)38-33(34)37-26/h5-14,18,27,35H,3-4,15-17,19H2,1-2H3,(H,36,41)(H3,34,37,38,42)/t27-/m0/s1. The number of carbonyl (C=O) groups excluding carboxylic acids is 4. The minimum absolute atomic E-state index is 0.00692. The summed E-state index contributed by atoms with van der Waals surface area (Å²) >= 11 is 0. The predicted molar refractivity (Wildman–Crippen MR) is 168 cm³/mol. The predicted octanol–water partition coefficient (Wildman–Crippen LogP) is 3.81. The van der Waals surface area contributed by atoms with Gasteiger partial charge in [0.05, 0.1) is 30.7 Å². The monoisotopic (exact) mass is 613 g/mol. The van der Waals surface area contributed by atoms with E-state index in [0.717, 1.165) is 11.1 Å². The van der Waals surface area contributed by atoms with Crippen LogP contribution in [0.2, 0.25) is 0 Å². The zero-order valence-electron chi connectivity index (χ0n) is 25.0. The van der Waals surface area contributed by atoms with Gasteiger partial charge in [0.1, 0.15) is 6.04 Å². The number of nitrogens with two attached hydrogens (primary N) is 1. The number of ether oxygens (including phenoxy) is 2.